The second-order valence-corrected chi connectivity index (χ2v) is 5.64. The SMILES string of the molecule is CCCOC(=O)C(CC)N1C(=O)C(=O)c2c1cc(OC)c(OC)c2OC. The van der Waals surface area contributed by atoms with Gasteiger partial charge in [-0.1, -0.05) is 13.8 Å². The zero-order valence-electron chi connectivity index (χ0n) is 15.6. The number of nitrogens with zero attached hydrogens (tertiary/aromatic N) is 1. The van der Waals surface area contributed by atoms with E-state index in [1.807, 2.05) is 6.92 Å². The third kappa shape index (κ3) is 3.07. The lowest BCUT2D eigenvalue weighted by Crippen LogP contribution is -2.45. The van der Waals surface area contributed by atoms with Gasteiger partial charge in [0, 0.05) is 6.07 Å². The van der Waals surface area contributed by atoms with E-state index in [0.29, 0.717) is 6.42 Å². The van der Waals surface area contributed by atoms with Crippen LogP contribution in [0, 0.1) is 0 Å². The van der Waals surface area contributed by atoms with Crippen molar-refractivity contribution in [3.05, 3.63) is 11.6 Å². The van der Waals surface area contributed by atoms with Crippen molar-refractivity contribution in [2.75, 3.05) is 32.8 Å². The Kier molecular flexibility index (Phi) is 6.07. The molecule has 0 saturated carbocycles. The van der Waals surface area contributed by atoms with Gasteiger partial charge in [0.25, 0.3) is 11.7 Å². The van der Waals surface area contributed by atoms with Crippen LogP contribution < -0.4 is 19.1 Å². The summed E-state index contributed by atoms with van der Waals surface area (Å²) in [6.45, 7) is 3.86. The summed E-state index contributed by atoms with van der Waals surface area (Å²) in [7, 11) is 4.20. The molecule has 0 saturated heterocycles. The molecule has 2 rings (SSSR count). The lowest BCUT2D eigenvalue weighted by molar-refractivity contribution is -0.146. The quantitative estimate of drug-likeness (QED) is 0.514. The summed E-state index contributed by atoms with van der Waals surface area (Å²) < 4.78 is 21.0. The average molecular weight is 365 g/mol. The molecule has 8 heteroatoms. The van der Waals surface area contributed by atoms with Crippen LogP contribution in [0.25, 0.3) is 0 Å². The van der Waals surface area contributed by atoms with E-state index >= 15 is 0 Å². The molecule has 1 aliphatic heterocycles. The monoisotopic (exact) mass is 365 g/mol. The first kappa shape index (κ1) is 19.6. The Morgan fingerprint density at radius 2 is 1.73 bits per heavy atom. The number of methoxy groups -OCH3 is 3. The minimum Gasteiger partial charge on any atom is -0.493 e. The Morgan fingerprint density at radius 3 is 2.23 bits per heavy atom. The van der Waals surface area contributed by atoms with E-state index in [9.17, 15) is 14.4 Å². The summed E-state index contributed by atoms with van der Waals surface area (Å²) >= 11 is 0. The van der Waals surface area contributed by atoms with Gasteiger partial charge in [0.15, 0.2) is 11.5 Å². The second-order valence-electron chi connectivity index (χ2n) is 5.64. The molecular weight excluding hydrogens is 342 g/mol. The van der Waals surface area contributed by atoms with Gasteiger partial charge in [-0.25, -0.2) is 4.79 Å². The van der Waals surface area contributed by atoms with Crippen LogP contribution >= 0.6 is 0 Å². The van der Waals surface area contributed by atoms with E-state index in [1.54, 1.807) is 6.92 Å². The largest absolute Gasteiger partial charge is 0.493 e. The average Bonchev–Trinajstić information content (AvgIpc) is 2.90. The molecule has 1 aromatic carbocycles. The molecule has 0 N–H and O–H groups in total. The highest BCUT2D eigenvalue weighted by Gasteiger charge is 2.46. The van der Waals surface area contributed by atoms with Crippen molar-refractivity contribution in [3.8, 4) is 17.2 Å². The van der Waals surface area contributed by atoms with Crippen LogP contribution in [-0.2, 0) is 14.3 Å². The van der Waals surface area contributed by atoms with E-state index in [-0.39, 0.29) is 41.5 Å². The zero-order valence-corrected chi connectivity index (χ0v) is 15.6. The van der Waals surface area contributed by atoms with Crippen molar-refractivity contribution in [2.24, 2.45) is 0 Å². The van der Waals surface area contributed by atoms with Crippen LogP contribution in [0.15, 0.2) is 6.07 Å². The third-order valence-electron chi connectivity index (χ3n) is 4.13. The van der Waals surface area contributed by atoms with E-state index < -0.39 is 23.7 Å². The molecular formula is C18H23NO7. The molecule has 0 aromatic heterocycles. The van der Waals surface area contributed by atoms with Crippen molar-refractivity contribution in [2.45, 2.75) is 32.7 Å². The number of benzene rings is 1. The summed E-state index contributed by atoms with van der Waals surface area (Å²) in [4.78, 5) is 38.8. The number of esters is 1. The summed E-state index contributed by atoms with van der Waals surface area (Å²) in [6, 6.07) is 0.581. The van der Waals surface area contributed by atoms with Crippen molar-refractivity contribution in [1.82, 2.24) is 0 Å². The second kappa shape index (κ2) is 8.07. The molecule has 142 valence electrons. The van der Waals surface area contributed by atoms with Gasteiger partial charge in [0.1, 0.15) is 6.04 Å². The number of hydrogen-bond acceptors (Lipinski definition) is 7. The highest BCUT2D eigenvalue weighted by molar-refractivity contribution is 6.53. The number of Topliss-reactive ketones (excluding diaryl/α,β-unsaturated/α-hetero) is 1. The maximum absolute atomic E-state index is 12.6. The lowest BCUT2D eigenvalue weighted by Gasteiger charge is -2.26. The minimum absolute atomic E-state index is 0.0527. The Morgan fingerprint density at radius 1 is 1.08 bits per heavy atom. The van der Waals surface area contributed by atoms with Crippen molar-refractivity contribution >= 4 is 23.3 Å². The standard InChI is InChI=1S/C18H23NO7/c1-6-8-26-18(22)10(7-2)19-11-9-12(23-3)15(24-4)16(25-5)13(11)14(20)17(19)21/h9-10H,6-8H2,1-5H3. The number of carbonyl (C=O) groups is 3. The van der Waals surface area contributed by atoms with Gasteiger partial charge in [-0.15, -0.1) is 0 Å². The van der Waals surface area contributed by atoms with Crippen LogP contribution in [0.1, 0.15) is 37.0 Å². The number of ether oxygens (including phenoxy) is 4. The molecule has 1 aromatic rings. The molecule has 0 spiro atoms. The number of fused-ring (bicyclic) bond motifs is 1. The molecule has 0 bridgehead atoms. The Hall–Kier alpha value is -2.77. The predicted octanol–water partition coefficient (Wildman–Crippen LogP) is 1.97. The van der Waals surface area contributed by atoms with Crippen molar-refractivity contribution in [1.29, 1.82) is 0 Å². The fraction of sp³-hybridized carbons (Fsp3) is 0.500. The molecule has 0 aliphatic carbocycles. The van der Waals surface area contributed by atoms with E-state index in [4.69, 9.17) is 18.9 Å². The Bertz CT molecular complexity index is 729. The van der Waals surface area contributed by atoms with Gasteiger partial charge in [0.2, 0.25) is 5.75 Å². The predicted molar refractivity (Wildman–Crippen MR) is 93.2 cm³/mol. The maximum Gasteiger partial charge on any atom is 0.329 e. The van der Waals surface area contributed by atoms with E-state index in [0.717, 1.165) is 4.90 Å². The number of hydrogen-bond donors (Lipinski definition) is 0. The topological polar surface area (TPSA) is 91.4 Å². The summed E-state index contributed by atoms with van der Waals surface area (Å²) in [5.41, 5.74) is 0.298. The van der Waals surface area contributed by atoms with E-state index in [1.165, 1.54) is 27.4 Å². The normalized spacial score (nSPS) is 14.1. The number of rotatable bonds is 8. The van der Waals surface area contributed by atoms with Gasteiger partial charge in [-0.05, 0) is 12.8 Å². The molecule has 26 heavy (non-hydrogen) atoms. The molecule has 1 heterocycles. The molecule has 0 radical (unpaired) electrons. The minimum atomic E-state index is -0.915. The molecule has 0 fully saturated rings. The number of ketones is 1. The first-order valence-corrected chi connectivity index (χ1v) is 8.34. The van der Waals surface area contributed by atoms with Crippen LogP contribution in [0.2, 0.25) is 0 Å². The third-order valence-corrected chi connectivity index (χ3v) is 4.13. The van der Waals surface area contributed by atoms with Crippen LogP contribution in [0.3, 0.4) is 0 Å². The van der Waals surface area contributed by atoms with Gasteiger partial charge in [0.05, 0.1) is 39.2 Å². The number of anilines is 1. The van der Waals surface area contributed by atoms with Gasteiger partial charge < -0.3 is 18.9 Å². The molecule has 1 unspecified atom stereocenters. The van der Waals surface area contributed by atoms with Gasteiger partial charge >= 0.3 is 5.97 Å². The van der Waals surface area contributed by atoms with Gasteiger partial charge in [-0.3, -0.25) is 14.5 Å². The highest BCUT2D eigenvalue weighted by Crippen LogP contribution is 2.48. The fourth-order valence-electron chi connectivity index (χ4n) is 2.94. The Balaban J connectivity index is 2.62. The summed E-state index contributed by atoms with van der Waals surface area (Å²) in [5.74, 6) is -1.55. The fourth-order valence-corrected chi connectivity index (χ4v) is 2.94. The van der Waals surface area contributed by atoms with Crippen molar-refractivity contribution in [3.63, 3.8) is 0 Å². The van der Waals surface area contributed by atoms with E-state index in [2.05, 4.69) is 0 Å². The molecule has 1 amide bonds. The van der Waals surface area contributed by atoms with Gasteiger partial charge in [-0.2, -0.15) is 0 Å². The molecule has 8 nitrogen and oxygen atoms in total. The number of amides is 1. The lowest BCUT2D eigenvalue weighted by atomic mass is 10.1. The van der Waals surface area contributed by atoms with Crippen LogP contribution in [-0.4, -0.2) is 51.6 Å². The first-order valence-electron chi connectivity index (χ1n) is 8.34. The van der Waals surface area contributed by atoms with Crippen LogP contribution in [0.4, 0.5) is 5.69 Å². The maximum atomic E-state index is 12.6. The highest BCUT2D eigenvalue weighted by atomic mass is 16.5. The first-order chi connectivity index (χ1) is 12.5. The summed E-state index contributed by atoms with van der Waals surface area (Å²) in [6.07, 6.45) is 0.947. The molecule has 1 aliphatic rings. The smallest absolute Gasteiger partial charge is 0.329 e. The zero-order chi connectivity index (χ0) is 19.4. The molecule has 1 atom stereocenters. The van der Waals surface area contributed by atoms with Crippen LogP contribution in [0.5, 0.6) is 17.2 Å². The Labute approximate surface area is 152 Å². The van der Waals surface area contributed by atoms with Crippen molar-refractivity contribution < 1.29 is 33.3 Å². The summed E-state index contributed by atoms with van der Waals surface area (Å²) in [5, 5.41) is 0. The number of carbonyl (C=O) groups excluding carboxylic acids is 3.